The van der Waals surface area contributed by atoms with Gasteiger partial charge in [0, 0.05) is 42.5 Å². The Labute approximate surface area is 163 Å². The van der Waals surface area contributed by atoms with Crippen molar-refractivity contribution in [3.63, 3.8) is 0 Å². The van der Waals surface area contributed by atoms with E-state index < -0.39 is 5.60 Å². The lowest BCUT2D eigenvalue weighted by atomic mass is 9.82. The zero-order valence-electron chi connectivity index (χ0n) is 16.4. The maximum Gasteiger partial charge on any atom is 0.410 e. The number of nitrogens with two attached hydrogens (primary N) is 1. The van der Waals surface area contributed by atoms with E-state index in [0.29, 0.717) is 18.7 Å². The molecular weight excluding hydrogens is 356 g/mol. The Morgan fingerprint density at radius 2 is 2.07 bits per heavy atom. The topological polar surface area (TPSA) is 110 Å². The van der Waals surface area contributed by atoms with Crippen LogP contribution in [0.2, 0.25) is 0 Å². The number of hydrogen-bond acceptors (Lipinski definition) is 6. The molecule has 1 atom stereocenters. The summed E-state index contributed by atoms with van der Waals surface area (Å²) in [5.41, 5.74) is 8.14. The standard InChI is InChI=1S/C20H24N6O2/c1-19(2,3)28-18(27)25-6-4-20(12-25)5-7-26-16(20)9-15(24-26)14-8-13(10-21)17(22)23-11-14/h8-9,11H,4-7,12H2,1-3H3,(H2,22,23). The highest BCUT2D eigenvalue weighted by Gasteiger charge is 2.47. The van der Waals surface area contributed by atoms with Crippen molar-refractivity contribution in [2.24, 2.45) is 0 Å². The van der Waals surface area contributed by atoms with E-state index >= 15 is 0 Å². The minimum atomic E-state index is -0.502. The van der Waals surface area contributed by atoms with Gasteiger partial charge in [0.1, 0.15) is 17.5 Å². The Kier molecular flexibility index (Phi) is 4.07. The van der Waals surface area contributed by atoms with Crippen molar-refractivity contribution in [3.05, 3.63) is 29.6 Å². The molecule has 0 bridgehead atoms. The van der Waals surface area contributed by atoms with Gasteiger partial charge in [0.15, 0.2) is 0 Å². The van der Waals surface area contributed by atoms with Crippen molar-refractivity contribution < 1.29 is 9.53 Å². The van der Waals surface area contributed by atoms with Crippen LogP contribution >= 0.6 is 0 Å². The highest BCUT2D eigenvalue weighted by Crippen LogP contribution is 2.44. The van der Waals surface area contributed by atoms with E-state index in [1.807, 2.05) is 25.5 Å². The van der Waals surface area contributed by atoms with E-state index in [9.17, 15) is 10.1 Å². The second-order valence-corrected chi connectivity index (χ2v) is 8.59. The van der Waals surface area contributed by atoms with Crippen molar-refractivity contribution in [1.29, 1.82) is 5.26 Å². The third kappa shape index (κ3) is 3.07. The predicted octanol–water partition coefficient (Wildman–Crippen LogP) is 2.68. The van der Waals surface area contributed by atoms with Crippen molar-refractivity contribution in [3.8, 4) is 17.3 Å². The van der Waals surface area contributed by atoms with Crippen LogP contribution in [0.3, 0.4) is 0 Å². The quantitative estimate of drug-likeness (QED) is 0.814. The van der Waals surface area contributed by atoms with Gasteiger partial charge in [-0.25, -0.2) is 9.78 Å². The third-order valence-electron chi connectivity index (χ3n) is 5.47. The summed E-state index contributed by atoms with van der Waals surface area (Å²) in [5.74, 6) is 0.221. The lowest BCUT2D eigenvalue weighted by Crippen LogP contribution is -2.37. The lowest BCUT2D eigenvalue weighted by molar-refractivity contribution is 0.0284. The molecule has 4 heterocycles. The number of carbonyl (C=O) groups is 1. The van der Waals surface area contributed by atoms with E-state index in [0.717, 1.165) is 36.3 Å². The van der Waals surface area contributed by atoms with E-state index in [4.69, 9.17) is 15.6 Å². The second-order valence-electron chi connectivity index (χ2n) is 8.59. The van der Waals surface area contributed by atoms with Crippen LogP contribution in [0.15, 0.2) is 18.3 Å². The number of ether oxygens (including phenoxy) is 1. The average molecular weight is 380 g/mol. The van der Waals surface area contributed by atoms with Crippen LogP contribution in [0.25, 0.3) is 11.3 Å². The van der Waals surface area contributed by atoms with Gasteiger partial charge in [-0.1, -0.05) is 0 Å². The first-order valence-electron chi connectivity index (χ1n) is 9.43. The number of nitrogen functional groups attached to an aromatic ring is 1. The molecular formula is C20H24N6O2. The fourth-order valence-electron chi connectivity index (χ4n) is 4.08. The SMILES string of the molecule is CC(C)(C)OC(=O)N1CCC2(CCn3nc(-c4cnc(N)c(C#N)c4)cc32)C1. The Bertz CT molecular complexity index is 984. The number of aryl methyl sites for hydroxylation is 1. The first kappa shape index (κ1) is 18.3. The van der Waals surface area contributed by atoms with Gasteiger partial charge in [-0.05, 0) is 45.7 Å². The number of amides is 1. The van der Waals surface area contributed by atoms with Gasteiger partial charge in [0.2, 0.25) is 0 Å². The van der Waals surface area contributed by atoms with Crippen LogP contribution in [-0.2, 0) is 16.7 Å². The molecule has 1 saturated heterocycles. The number of likely N-dealkylation sites (tertiary alicyclic amines) is 1. The molecule has 1 amide bonds. The summed E-state index contributed by atoms with van der Waals surface area (Å²) in [7, 11) is 0. The molecule has 2 aromatic heterocycles. The molecule has 146 valence electrons. The molecule has 2 aliphatic rings. The second kappa shape index (κ2) is 6.23. The summed E-state index contributed by atoms with van der Waals surface area (Å²) >= 11 is 0. The first-order valence-corrected chi connectivity index (χ1v) is 9.43. The van der Waals surface area contributed by atoms with Crippen LogP contribution in [0.1, 0.15) is 44.9 Å². The number of fused-ring (bicyclic) bond motifs is 2. The first-order chi connectivity index (χ1) is 13.2. The zero-order chi connectivity index (χ0) is 20.1. The molecule has 8 heteroatoms. The number of hydrogen-bond donors (Lipinski definition) is 1. The van der Waals surface area contributed by atoms with E-state index in [2.05, 4.69) is 17.1 Å². The maximum absolute atomic E-state index is 12.5. The predicted molar refractivity (Wildman–Crippen MR) is 103 cm³/mol. The molecule has 4 rings (SSSR count). The number of nitriles is 1. The van der Waals surface area contributed by atoms with Crippen molar-refractivity contribution in [2.75, 3.05) is 18.8 Å². The van der Waals surface area contributed by atoms with Gasteiger partial charge >= 0.3 is 6.09 Å². The molecule has 1 unspecified atom stereocenters. The number of carbonyl (C=O) groups excluding carboxylic acids is 1. The fraction of sp³-hybridized carbons (Fsp3) is 0.500. The summed E-state index contributed by atoms with van der Waals surface area (Å²) in [4.78, 5) is 18.4. The van der Waals surface area contributed by atoms with Crippen molar-refractivity contribution >= 4 is 11.9 Å². The number of rotatable bonds is 1. The summed E-state index contributed by atoms with van der Waals surface area (Å²) in [6, 6.07) is 5.83. The number of anilines is 1. The highest BCUT2D eigenvalue weighted by molar-refractivity contribution is 5.69. The monoisotopic (exact) mass is 380 g/mol. The molecule has 2 N–H and O–H groups in total. The molecule has 1 fully saturated rings. The van der Waals surface area contributed by atoms with Crippen LogP contribution in [-0.4, -0.2) is 44.4 Å². The number of nitrogens with zero attached hydrogens (tertiary/aromatic N) is 5. The normalized spacial score (nSPS) is 21.0. The Balaban J connectivity index is 1.59. The van der Waals surface area contributed by atoms with Crippen LogP contribution in [0, 0.1) is 11.3 Å². The molecule has 28 heavy (non-hydrogen) atoms. The van der Waals surface area contributed by atoms with Crippen LogP contribution in [0.5, 0.6) is 0 Å². The van der Waals surface area contributed by atoms with Crippen LogP contribution < -0.4 is 5.73 Å². The largest absolute Gasteiger partial charge is 0.444 e. The zero-order valence-corrected chi connectivity index (χ0v) is 16.4. The molecule has 0 radical (unpaired) electrons. The lowest BCUT2D eigenvalue weighted by Gasteiger charge is -2.26. The third-order valence-corrected chi connectivity index (χ3v) is 5.47. The summed E-state index contributed by atoms with van der Waals surface area (Å²) < 4.78 is 7.55. The molecule has 0 aromatic carbocycles. The number of pyridine rings is 1. The van der Waals surface area contributed by atoms with Crippen molar-refractivity contribution in [2.45, 2.75) is 51.2 Å². The van der Waals surface area contributed by atoms with Gasteiger partial charge in [-0.3, -0.25) is 4.68 Å². The Morgan fingerprint density at radius 3 is 2.79 bits per heavy atom. The maximum atomic E-state index is 12.5. The van der Waals surface area contributed by atoms with Gasteiger partial charge in [-0.2, -0.15) is 10.4 Å². The van der Waals surface area contributed by atoms with E-state index in [-0.39, 0.29) is 17.3 Å². The molecule has 1 spiro atoms. The summed E-state index contributed by atoms with van der Waals surface area (Å²) in [6.07, 6.45) is 3.23. The highest BCUT2D eigenvalue weighted by atomic mass is 16.6. The van der Waals surface area contributed by atoms with Crippen LogP contribution in [0.4, 0.5) is 10.6 Å². The summed E-state index contributed by atoms with van der Waals surface area (Å²) in [6.45, 7) is 7.76. The minimum absolute atomic E-state index is 0.0958. The Hall–Kier alpha value is -3.08. The molecule has 0 saturated carbocycles. The van der Waals surface area contributed by atoms with E-state index in [1.54, 1.807) is 17.2 Å². The molecule has 2 aromatic rings. The average Bonchev–Trinajstić information content (AvgIpc) is 3.31. The molecule has 0 aliphatic carbocycles. The smallest absolute Gasteiger partial charge is 0.410 e. The van der Waals surface area contributed by atoms with Gasteiger partial charge in [-0.15, -0.1) is 0 Å². The fourth-order valence-corrected chi connectivity index (χ4v) is 4.08. The molecule has 2 aliphatic heterocycles. The van der Waals surface area contributed by atoms with Crippen molar-refractivity contribution in [1.82, 2.24) is 19.7 Å². The Morgan fingerprint density at radius 1 is 1.32 bits per heavy atom. The minimum Gasteiger partial charge on any atom is -0.444 e. The summed E-state index contributed by atoms with van der Waals surface area (Å²) in [5, 5.41) is 13.9. The molecule has 8 nitrogen and oxygen atoms in total. The van der Waals surface area contributed by atoms with Gasteiger partial charge < -0.3 is 15.4 Å². The van der Waals surface area contributed by atoms with Gasteiger partial charge in [0.05, 0.1) is 11.3 Å². The number of aromatic nitrogens is 3. The van der Waals surface area contributed by atoms with Gasteiger partial charge in [0.25, 0.3) is 0 Å². The van der Waals surface area contributed by atoms with E-state index in [1.165, 1.54) is 0 Å².